The first-order chi connectivity index (χ1) is 5.86. The Labute approximate surface area is 74.8 Å². The van der Waals surface area contributed by atoms with E-state index >= 15 is 0 Å². The number of hydrogen-bond donors (Lipinski definition) is 0. The van der Waals surface area contributed by atoms with E-state index in [1.165, 1.54) is 0 Å². The van der Waals surface area contributed by atoms with Gasteiger partial charge in [-0.05, 0) is 17.7 Å². The molecule has 0 fully saturated rings. The number of rotatable bonds is 1. The van der Waals surface area contributed by atoms with Crippen molar-refractivity contribution < 1.29 is 4.52 Å². The molecule has 1 heterocycles. The summed E-state index contributed by atoms with van der Waals surface area (Å²) in [5.41, 5.74) is 2.02. The predicted octanol–water partition coefficient (Wildman–Crippen LogP) is 3.00. The Morgan fingerprint density at radius 2 is 1.83 bits per heavy atom. The van der Waals surface area contributed by atoms with Crippen LogP contribution in [0.3, 0.4) is 0 Å². The Balaban J connectivity index is 2.43. The van der Waals surface area contributed by atoms with Gasteiger partial charge in [-0.15, -0.1) is 0 Å². The second kappa shape index (κ2) is 2.99. The largest absolute Gasteiger partial charge is 0.364 e. The van der Waals surface area contributed by atoms with Crippen molar-refractivity contribution in [1.29, 1.82) is 0 Å². The van der Waals surface area contributed by atoms with Crippen molar-refractivity contribution in [3.05, 3.63) is 41.7 Å². The summed E-state index contributed by atoms with van der Waals surface area (Å²) in [6.07, 6.45) is 3.27. The quantitative estimate of drug-likeness (QED) is 0.673. The van der Waals surface area contributed by atoms with Crippen molar-refractivity contribution in [3.63, 3.8) is 0 Å². The van der Waals surface area contributed by atoms with Gasteiger partial charge in [0.1, 0.15) is 6.26 Å². The zero-order valence-electron chi connectivity index (χ0n) is 6.20. The Morgan fingerprint density at radius 1 is 1.08 bits per heavy atom. The summed E-state index contributed by atoms with van der Waals surface area (Å²) in [7, 11) is 0. The molecule has 1 aromatic heterocycles. The minimum absolute atomic E-state index is 0.732. The Bertz CT molecular complexity index is 353. The lowest BCUT2D eigenvalue weighted by Gasteiger charge is -1.94. The average Bonchev–Trinajstić information content (AvgIpc) is 2.58. The zero-order valence-corrected chi connectivity index (χ0v) is 6.95. The summed E-state index contributed by atoms with van der Waals surface area (Å²) in [5.74, 6) is 0. The molecule has 0 spiro atoms. The van der Waals surface area contributed by atoms with Crippen molar-refractivity contribution in [2.75, 3.05) is 0 Å². The maximum absolute atomic E-state index is 5.73. The molecule has 1 aromatic carbocycles. The number of halogens is 1. The van der Waals surface area contributed by atoms with Crippen LogP contribution in [-0.2, 0) is 0 Å². The summed E-state index contributed by atoms with van der Waals surface area (Å²) >= 11 is 5.73. The molecule has 2 nitrogen and oxygen atoms in total. The molecule has 0 atom stereocenters. The highest BCUT2D eigenvalue weighted by atomic mass is 35.5. The van der Waals surface area contributed by atoms with Crippen molar-refractivity contribution in [2.24, 2.45) is 0 Å². The van der Waals surface area contributed by atoms with Crippen molar-refractivity contribution in [1.82, 2.24) is 5.16 Å². The molecule has 2 aromatic rings. The highest BCUT2D eigenvalue weighted by Gasteiger charge is 1.98. The minimum Gasteiger partial charge on any atom is -0.364 e. The van der Waals surface area contributed by atoms with Gasteiger partial charge in [-0.3, -0.25) is 0 Å². The van der Waals surface area contributed by atoms with Gasteiger partial charge < -0.3 is 4.52 Å². The fourth-order valence-corrected chi connectivity index (χ4v) is 1.12. The monoisotopic (exact) mass is 179 g/mol. The van der Waals surface area contributed by atoms with Crippen LogP contribution < -0.4 is 0 Å². The molecule has 12 heavy (non-hydrogen) atoms. The molecule has 0 amide bonds. The summed E-state index contributed by atoms with van der Waals surface area (Å²) < 4.78 is 4.72. The number of aromatic nitrogens is 1. The molecule has 0 aliphatic rings. The minimum atomic E-state index is 0.732. The molecule has 0 N–H and O–H groups in total. The Hall–Kier alpha value is -1.28. The smallest absolute Gasteiger partial charge is 0.131 e. The SMILES string of the molecule is Clc1ccc(-c2cnoc2)cc1. The molecular formula is C9H6ClNO. The Morgan fingerprint density at radius 3 is 2.42 bits per heavy atom. The van der Waals surface area contributed by atoms with Gasteiger partial charge in [-0.2, -0.15) is 0 Å². The summed E-state index contributed by atoms with van der Waals surface area (Å²) in [4.78, 5) is 0. The number of benzene rings is 1. The highest BCUT2D eigenvalue weighted by Crippen LogP contribution is 2.20. The maximum Gasteiger partial charge on any atom is 0.131 e. The molecule has 2 rings (SSSR count). The van der Waals surface area contributed by atoms with Crippen LogP contribution in [0.15, 0.2) is 41.2 Å². The van der Waals surface area contributed by atoms with Gasteiger partial charge >= 0.3 is 0 Å². The Kier molecular flexibility index (Phi) is 1.84. The first-order valence-electron chi connectivity index (χ1n) is 3.51. The zero-order chi connectivity index (χ0) is 8.39. The van der Waals surface area contributed by atoms with Gasteiger partial charge in [0.2, 0.25) is 0 Å². The first kappa shape index (κ1) is 7.37. The summed E-state index contributed by atoms with van der Waals surface area (Å²) in [5, 5.41) is 4.34. The number of nitrogens with zero attached hydrogens (tertiary/aromatic N) is 1. The van der Waals surface area contributed by atoms with E-state index in [1.54, 1.807) is 12.5 Å². The van der Waals surface area contributed by atoms with Crippen molar-refractivity contribution in [3.8, 4) is 11.1 Å². The third-order valence-corrected chi connectivity index (χ3v) is 1.86. The van der Waals surface area contributed by atoms with E-state index in [-0.39, 0.29) is 0 Å². The van der Waals surface area contributed by atoms with Crippen molar-refractivity contribution in [2.45, 2.75) is 0 Å². The molecular weight excluding hydrogens is 174 g/mol. The second-order valence-corrected chi connectivity index (χ2v) is 2.86. The van der Waals surface area contributed by atoms with E-state index in [2.05, 4.69) is 5.16 Å². The van der Waals surface area contributed by atoms with Gasteiger partial charge in [0, 0.05) is 10.6 Å². The molecule has 0 saturated heterocycles. The van der Waals surface area contributed by atoms with E-state index in [9.17, 15) is 0 Å². The van der Waals surface area contributed by atoms with E-state index in [4.69, 9.17) is 16.1 Å². The second-order valence-electron chi connectivity index (χ2n) is 2.42. The van der Waals surface area contributed by atoms with Crippen LogP contribution in [0.25, 0.3) is 11.1 Å². The normalized spacial score (nSPS) is 10.1. The third kappa shape index (κ3) is 1.34. The first-order valence-corrected chi connectivity index (χ1v) is 3.89. The van der Waals surface area contributed by atoms with Gasteiger partial charge in [0.05, 0.1) is 6.20 Å². The lowest BCUT2D eigenvalue weighted by molar-refractivity contribution is 0.420. The van der Waals surface area contributed by atoms with Gasteiger partial charge in [-0.1, -0.05) is 28.9 Å². The van der Waals surface area contributed by atoms with Gasteiger partial charge in [0.25, 0.3) is 0 Å². The van der Waals surface area contributed by atoms with Crippen LogP contribution in [0.1, 0.15) is 0 Å². The number of hydrogen-bond acceptors (Lipinski definition) is 2. The molecule has 0 radical (unpaired) electrons. The van der Waals surface area contributed by atoms with E-state index in [1.807, 2.05) is 24.3 Å². The standard InChI is InChI=1S/C9H6ClNO/c10-9-3-1-7(2-4-9)8-5-11-12-6-8/h1-6H. The van der Waals surface area contributed by atoms with E-state index in [0.717, 1.165) is 16.1 Å². The molecule has 60 valence electrons. The highest BCUT2D eigenvalue weighted by molar-refractivity contribution is 6.30. The van der Waals surface area contributed by atoms with Crippen LogP contribution in [0, 0.1) is 0 Å². The van der Waals surface area contributed by atoms with Gasteiger partial charge in [-0.25, -0.2) is 0 Å². The molecule has 0 unspecified atom stereocenters. The fourth-order valence-electron chi connectivity index (χ4n) is 0.990. The lowest BCUT2D eigenvalue weighted by atomic mass is 10.1. The molecule has 0 bridgehead atoms. The van der Waals surface area contributed by atoms with Crippen molar-refractivity contribution >= 4 is 11.6 Å². The summed E-state index contributed by atoms with van der Waals surface area (Å²) in [6.45, 7) is 0. The molecule has 0 saturated carbocycles. The average molecular weight is 180 g/mol. The molecule has 0 aliphatic carbocycles. The lowest BCUT2D eigenvalue weighted by Crippen LogP contribution is -1.71. The van der Waals surface area contributed by atoms with Crippen LogP contribution in [0.2, 0.25) is 5.02 Å². The van der Waals surface area contributed by atoms with Gasteiger partial charge in [0.15, 0.2) is 0 Å². The van der Waals surface area contributed by atoms with Crippen LogP contribution in [-0.4, -0.2) is 5.16 Å². The summed E-state index contributed by atoms with van der Waals surface area (Å²) in [6, 6.07) is 7.53. The molecule has 3 heteroatoms. The van der Waals surface area contributed by atoms with Crippen LogP contribution >= 0.6 is 11.6 Å². The fraction of sp³-hybridized carbons (Fsp3) is 0. The van der Waals surface area contributed by atoms with E-state index in [0.29, 0.717) is 0 Å². The topological polar surface area (TPSA) is 26.0 Å². The predicted molar refractivity (Wildman–Crippen MR) is 46.9 cm³/mol. The maximum atomic E-state index is 5.73. The van der Waals surface area contributed by atoms with Crippen LogP contribution in [0.4, 0.5) is 0 Å². The third-order valence-electron chi connectivity index (χ3n) is 1.61. The van der Waals surface area contributed by atoms with Crippen LogP contribution in [0.5, 0.6) is 0 Å². The molecule has 0 aliphatic heterocycles. The van der Waals surface area contributed by atoms with E-state index < -0.39 is 0 Å².